The van der Waals surface area contributed by atoms with Crippen molar-refractivity contribution < 1.29 is 4.79 Å². The molecular weight excluding hydrogens is 212 g/mol. The summed E-state index contributed by atoms with van der Waals surface area (Å²) in [6, 6.07) is 0.618. The number of nitrogens with zero attached hydrogens (tertiary/aromatic N) is 2. The van der Waals surface area contributed by atoms with Crippen molar-refractivity contribution >= 4 is 5.91 Å². The van der Waals surface area contributed by atoms with Gasteiger partial charge in [0.15, 0.2) is 0 Å². The molecule has 3 nitrogen and oxygen atoms in total. The Morgan fingerprint density at radius 1 is 1.24 bits per heavy atom. The molecule has 0 aliphatic carbocycles. The van der Waals surface area contributed by atoms with Crippen molar-refractivity contribution in [3.63, 3.8) is 0 Å². The molecule has 2 rings (SSSR count). The average Bonchev–Trinajstić information content (AvgIpc) is 2.33. The number of hydrogen-bond acceptors (Lipinski definition) is 2. The fourth-order valence-electron chi connectivity index (χ4n) is 3.15. The quantitative estimate of drug-likeness (QED) is 0.650. The first-order chi connectivity index (χ1) is 7.96. The monoisotopic (exact) mass is 236 g/mol. The van der Waals surface area contributed by atoms with Gasteiger partial charge < -0.3 is 9.80 Å². The van der Waals surface area contributed by atoms with E-state index in [1.807, 2.05) is 11.9 Å². The lowest BCUT2D eigenvalue weighted by Gasteiger charge is -2.51. The third kappa shape index (κ3) is 2.13. The molecule has 0 atom stereocenters. The fourth-order valence-corrected chi connectivity index (χ4v) is 3.15. The lowest BCUT2D eigenvalue weighted by Crippen LogP contribution is -2.59. The topological polar surface area (TPSA) is 23.6 Å². The summed E-state index contributed by atoms with van der Waals surface area (Å²) in [6.45, 7) is 10.6. The lowest BCUT2D eigenvalue weighted by molar-refractivity contribution is -0.137. The highest BCUT2D eigenvalue weighted by atomic mass is 16.2. The third-order valence-corrected chi connectivity index (χ3v) is 4.67. The van der Waals surface area contributed by atoms with Gasteiger partial charge in [-0.2, -0.15) is 0 Å². The molecule has 0 saturated carbocycles. The molecule has 0 aromatic carbocycles. The number of rotatable bonds is 1. The van der Waals surface area contributed by atoms with E-state index in [4.69, 9.17) is 0 Å². The van der Waals surface area contributed by atoms with Gasteiger partial charge in [-0.25, -0.2) is 0 Å². The van der Waals surface area contributed by atoms with Crippen molar-refractivity contribution in [2.45, 2.75) is 51.1 Å². The normalized spacial score (nSPS) is 26.0. The van der Waals surface area contributed by atoms with Gasteiger partial charge in [-0.1, -0.05) is 6.58 Å². The molecule has 2 aliphatic rings. The molecule has 96 valence electrons. The van der Waals surface area contributed by atoms with Crippen molar-refractivity contribution in [3.8, 4) is 0 Å². The van der Waals surface area contributed by atoms with E-state index in [-0.39, 0.29) is 11.4 Å². The van der Waals surface area contributed by atoms with E-state index in [0.717, 1.165) is 44.3 Å². The molecule has 0 N–H and O–H groups in total. The first-order valence-electron chi connectivity index (χ1n) is 6.66. The molecule has 1 spiro atoms. The van der Waals surface area contributed by atoms with Crippen molar-refractivity contribution in [1.29, 1.82) is 0 Å². The highest BCUT2D eigenvalue weighted by Gasteiger charge is 2.43. The predicted octanol–water partition coefficient (Wildman–Crippen LogP) is 2.04. The molecule has 2 heterocycles. The smallest absolute Gasteiger partial charge is 0.249 e. The van der Waals surface area contributed by atoms with Crippen molar-refractivity contribution in [2.75, 3.05) is 20.1 Å². The highest BCUT2D eigenvalue weighted by molar-refractivity contribution is 5.94. The molecule has 0 bridgehead atoms. The second-order valence-electron chi connectivity index (χ2n) is 5.82. The molecule has 2 aliphatic heterocycles. The van der Waals surface area contributed by atoms with Crippen LogP contribution in [-0.2, 0) is 4.79 Å². The average molecular weight is 236 g/mol. The van der Waals surface area contributed by atoms with Gasteiger partial charge in [-0.3, -0.25) is 4.79 Å². The molecule has 3 heteroatoms. The van der Waals surface area contributed by atoms with Crippen molar-refractivity contribution in [3.05, 3.63) is 12.2 Å². The Morgan fingerprint density at radius 2 is 1.82 bits per heavy atom. The summed E-state index contributed by atoms with van der Waals surface area (Å²) in [7, 11) is 1.96. The zero-order valence-electron chi connectivity index (χ0n) is 11.3. The molecule has 1 amide bonds. The standard InChI is InChI=1S/C14H24N2O/c1-11(2)16-9-7-14(8-10-16)6-5-12(3)13(17)15(14)4/h11H,3,5-10H2,1-2,4H3. The maximum atomic E-state index is 12.0. The largest absolute Gasteiger partial charge is 0.336 e. The fraction of sp³-hybridized carbons (Fsp3) is 0.786. The Hall–Kier alpha value is -0.830. The minimum atomic E-state index is 0.115. The second kappa shape index (κ2) is 4.45. The Balaban J connectivity index is 2.07. The van der Waals surface area contributed by atoms with E-state index in [1.54, 1.807) is 0 Å². The number of hydrogen-bond donors (Lipinski definition) is 0. The van der Waals surface area contributed by atoms with Gasteiger partial charge in [0.2, 0.25) is 5.91 Å². The number of likely N-dealkylation sites (N-methyl/N-ethyl adjacent to an activating group) is 1. The second-order valence-corrected chi connectivity index (χ2v) is 5.82. The van der Waals surface area contributed by atoms with Crippen LogP contribution >= 0.6 is 0 Å². The summed E-state index contributed by atoms with van der Waals surface area (Å²) in [5.41, 5.74) is 0.897. The predicted molar refractivity (Wildman–Crippen MR) is 69.8 cm³/mol. The van der Waals surface area contributed by atoms with Gasteiger partial charge in [0.25, 0.3) is 0 Å². The Kier molecular flexibility index (Phi) is 3.30. The Labute approximate surface area is 104 Å². The van der Waals surface area contributed by atoms with Crippen LogP contribution in [0.4, 0.5) is 0 Å². The number of carbonyl (C=O) groups is 1. The number of likely N-dealkylation sites (tertiary alicyclic amines) is 2. The van der Waals surface area contributed by atoms with Crippen LogP contribution in [0.3, 0.4) is 0 Å². The number of carbonyl (C=O) groups excluding carboxylic acids is 1. The first kappa shape index (κ1) is 12.6. The maximum absolute atomic E-state index is 12.0. The Bertz CT molecular complexity index is 327. The van der Waals surface area contributed by atoms with E-state index in [9.17, 15) is 4.79 Å². The van der Waals surface area contributed by atoms with Crippen LogP contribution < -0.4 is 0 Å². The Morgan fingerprint density at radius 3 is 2.35 bits per heavy atom. The summed E-state index contributed by atoms with van der Waals surface area (Å²) in [6.07, 6.45) is 4.20. The lowest BCUT2D eigenvalue weighted by atomic mass is 9.77. The number of amides is 1. The first-order valence-corrected chi connectivity index (χ1v) is 6.66. The summed E-state index contributed by atoms with van der Waals surface area (Å²) in [4.78, 5) is 16.5. The van der Waals surface area contributed by atoms with Crippen LogP contribution in [0.5, 0.6) is 0 Å². The van der Waals surface area contributed by atoms with E-state index < -0.39 is 0 Å². The van der Waals surface area contributed by atoms with Crippen LogP contribution in [0, 0.1) is 0 Å². The van der Waals surface area contributed by atoms with E-state index >= 15 is 0 Å². The summed E-state index contributed by atoms with van der Waals surface area (Å²) >= 11 is 0. The highest BCUT2D eigenvalue weighted by Crippen LogP contribution is 2.38. The van der Waals surface area contributed by atoms with Gasteiger partial charge in [0.05, 0.1) is 0 Å². The van der Waals surface area contributed by atoms with Crippen LogP contribution in [0.25, 0.3) is 0 Å². The van der Waals surface area contributed by atoms with Gasteiger partial charge >= 0.3 is 0 Å². The van der Waals surface area contributed by atoms with Gasteiger partial charge in [-0.05, 0) is 39.5 Å². The van der Waals surface area contributed by atoms with Crippen LogP contribution in [0.1, 0.15) is 39.5 Å². The van der Waals surface area contributed by atoms with Crippen molar-refractivity contribution in [2.24, 2.45) is 0 Å². The summed E-state index contributed by atoms with van der Waals surface area (Å²) < 4.78 is 0. The molecule has 0 aromatic heterocycles. The number of piperidine rings is 2. The molecule has 2 fully saturated rings. The van der Waals surface area contributed by atoms with Gasteiger partial charge in [-0.15, -0.1) is 0 Å². The minimum Gasteiger partial charge on any atom is -0.336 e. The van der Waals surface area contributed by atoms with E-state index in [0.29, 0.717) is 6.04 Å². The van der Waals surface area contributed by atoms with E-state index in [1.165, 1.54) is 0 Å². The van der Waals surface area contributed by atoms with E-state index in [2.05, 4.69) is 25.3 Å². The zero-order chi connectivity index (χ0) is 12.6. The SMILES string of the molecule is C=C1CCC2(CCN(C(C)C)CC2)N(C)C1=O. The summed E-state index contributed by atoms with van der Waals surface area (Å²) in [5, 5.41) is 0. The van der Waals surface area contributed by atoms with Gasteiger partial charge in [0, 0.05) is 37.3 Å². The molecule has 17 heavy (non-hydrogen) atoms. The van der Waals surface area contributed by atoms with Crippen LogP contribution in [0.15, 0.2) is 12.2 Å². The van der Waals surface area contributed by atoms with Gasteiger partial charge in [0.1, 0.15) is 0 Å². The molecule has 0 aromatic rings. The molecule has 2 saturated heterocycles. The molecule has 0 radical (unpaired) electrons. The third-order valence-electron chi connectivity index (χ3n) is 4.67. The molecular formula is C14H24N2O. The zero-order valence-corrected chi connectivity index (χ0v) is 11.3. The van der Waals surface area contributed by atoms with Crippen LogP contribution in [0.2, 0.25) is 0 Å². The minimum absolute atomic E-state index is 0.115. The maximum Gasteiger partial charge on any atom is 0.249 e. The summed E-state index contributed by atoms with van der Waals surface area (Å²) in [5.74, 6) is 0.161. The molecule has 0 unspecified atom stereocenters. The van der Waals surface area contributed by atoms with Crippen molar-refractivity contribution in [1.82, 2.24) is 9.80 Å². The van der Waals surface area contributed by atoms with Crippen LogP contribution in [-0.4, -0.2) is 47.4 Å².